The Bertz CT molecular complexity index is 127. The van der Waals surface area contributed by atoms with Gasteiger partial charge in [0.05, 0.1) is 0 Å². The molecule has 9 heavy (non-hydrogen) atoms. The molecule has 2 unspecified atom stereocenters. The van der Waals surface area contributed by atoms with E-state index in [0.717, 1.165) is 5.92 Å². The fourth-order valence-electron chi connectivity index (χ4n) is 1.39. The first-order chi connectivity index (χ1) is 4.25. The van der Waals surface area contributed by atoms with Gasteiger partial charge in [-0.25, -0.2) is 0 Å². The van der Waals surface area contributed by atoms with Crippen molar-refractivity contribution in [2.45, 2.75) is 26.3 Å². The molecule has 52 valence electrons. The highest BCUT2D eigenvalue weighted by molar-refractivity contribution is 5.13. The van der Waals surface area contributed by atoms with Crippen molar-refractivity contribution >= 4 is 0 Å². The quantitative estimate of drug-likeness (QED) is 0.524. The molecule has 1 aliphatic carbocycles. The predicted molar refractivity (Wildman–Crippen MR) is 40.4 cm³/mol. The molecule has 1 heteroatoms. The largest absolute Gasteiger partial charge is 0.316 e. The van der Waals surface area contributed by atoms with E-state index in [-0.39, 0.29) is 0 Å². The van der Waals surface area contributed by atoms with E-state index in [1.54, 1.807) is 0 Å². The average molecular weight is 125 g/mol. The second kappa shape index (κ2) is 2.53. The molecular formula is C8H15N. The third-order valence-corrected chi connectivity index (χ3v) is 2.39. The van der Waals surface area contributed by atoms with Crippen LogP contribution in [-0.4, -0.2) is 13.1 Å². The second-order valence-corrected chi connectivity index (χ2v) is 2.87. The molecule has 0 heterocycles. The molecule has 0 fully saturated rings. The molecule has 0 spiro atoms. The zero-order valence-corrected chi connectivity index (χ0v) is 6.44. The highest BCUT2D eigenvalue weighted by Gasteiger charge is 2.20. The lowest BCUT2D eigenvalue weighted by Crippen LogP contribution is -2.28. The maximum Gasteiger partial charge on any atom is 0.0161 e. The van der Waals surface area contributed by atoms with Crippen LogP contribution in [0.4, 0.5) is 0 Å². The molecule has 0 saturated heterocycles. The second-order valence-electron chi connectivity index (χ2n) is 2.87. The van der Waals surface area contributed by atoms with Crippen molar-refractivity contribution in [3.05, 3.63) is 11.6 Å². The van der Waals surface area contributed by atoms with Gasteiger partial charge in [-0.15, -0.1) is 0 Å². The van der Waals surface area contributed by atoms with Crippen LogP contribution < -0.4 is 5.32 Å². The summed E-state index contributed by atoms with van der Waals surface area (Å²) < 4.78 is 0. The highest BCUT2D eigenvalue weighted by Crippen LogP contribution is 2.24. The van der Waals surface area contributed by atoms with E-state index < -0.39 is 0 Å². The summed E-state index contributed by atoms with van der Waals surface area (Å²) in [6.07, 6.45) is 3.54. The molecule has 0 bridgehead atoms. The molecule has 2 atom stereocenters. The van der Waals surface area contributed by atoms with E-state index in [9.17, 15) is 0 Å². The molecule has 1 aliphatic rings. The Kier molecular flexibility index (Phi) is 1.91. The molecule has 0 aromatic carbocycles. The van der Waals surface area contributed by atoms with Gasteiger partial charge in [-0.3, -0.25) is 0 Å². The van der Waals surface area contributed by atoms with Gasteiger partial charge in [-0.05, 0) is 26.3 Å². The fraction of sp³-hybridized carbons (Fsp3) is 0.750. The van der Waals surface area contributed by atoms with Crippen LogP contribution in [0, 0.1) is 5.92 Å². The van der Waals surface area contributed by atoms with Crippen LogP contribution in [0.2, 0.25) is 0 Å². The van der Waals surface area contributed by atoms with Crippen molar-refractivity contribution in [3.63, 3.8) is 0 Å². The zero-order chi connectivity index (χ0) is 6.85. The first-order valence-corrected chi connectivity index (χ1v) is 3.59. The summed E-state index contributed by atoms with van der Waals surface area (Å²) in [7, 11) is 2.04. The van der Waals surface area contributed by atoms with Gasteiger partial charge in [0.25, 0.3) is 0 Å². The molecule has 0 saturated carbocycles. The Labute approximate surface area is 57.1 Å². The van der Waals surface area contributed by atoms with Crippen molar-refractivity contribution in [3.8, 4) is 0 Å². The summed E-state index contributed by atoms with van der Waals surface area (Å²) in [5.74, 6) is 0.745. The van der Waals surface area contributed by atoms with E-state index >= 15 is 0 Å². The van der Waals surface area contributed by atoms with Gasteiger partial charge < -0.3 is 5.32 Å². The van der Waals surface area contributed by atoms with E-state index in [1.807, 2.05) is 7.05 Å². The van der Waals surface area contributed by atoms with E-state index in [1.165, 1.54) is 12.0 Å². The Morgan fingerprint density at radius 1 is 1.67 bits per heavy atom. The third kappa shape index (κ3) is 1.16. The van der Waals surface area contributed by atoms with E-state index in [2.05, 4.69) is 25.2 Å². The molecule has 1 N–H and O–H groups in total. The number of rotatable bonds is 1. The van der Waals surface area contributed by atoms with Gasteiger partial charge in [-0.2, -0.15) is 0 Å². The first-order valence-electron chi connectivity index (χ1n) is 3.59. The molecule has 0 amide bonds. The van der Waals surface area contributed by atoms with E-state index in [0.29, 0.717) is 6.04 Å². The van der Waals surface area contributed by atoms with Crippen molar-refractivity contribution in [1.29, 1.82) is 0 Å². The van der Waals surface area contributed by atoms with Crippen LogP contribution in [0.3, 0.4) is 0 Å². The van der Waals surface area contributed by atoms with Crippen LogP contribution in [-0.2, 0) is 0 Å². The summed E-state index contributed by atoms with van der Waals surface area (Å²) in [6.45, 7) is 4.49. The minimum absolute atomic E-state index is 0.699. The molecule has 1 rings (SSSR count). The normalized spacial score (nSPS) is 34.8. The van der Waals surface area contributed by atoms with Crippen molar-refractivity contribution in [2.75, 3.05) is 7.05 Å². The summed E-state index contributed by atoms with van der Waals surface area (Å²) in [4.78, 5) is 0. The van der Waals surface area contributed by atoms with Gasteiger partial charge in [-0.1, -0.05) is 18.6 Å². The predicted octanol–water partition coefficient (Wildman–Crippen LogP) is 1.56. The molecule has 1 nitrogen and oxygen atoms in total. The lowest BCUT2D eigenvalue weighted by atomic mass is 10.0. The maximum atomic E-state index is 3.29. The lowest BCUT2D eigenvalue weighted by Gasteiger charge is -2.15. The molecule has 0 aromatic rings. The molecular weight excluding hydrogens is 110 g/mol. The SMILES string of the molecule is CNC1CC=C(C)C1C. The molecule has 0 radical (unpaired) electrons. The number of hydrogen-bond acceptors (Lipinski definition) is 1. The Morgan fingerprint density at radius 3 is 2.56 bits per heavy atom. The Balaban J connectivity index is 2.51. The monoisotopic (exact) mass is 125 g/mol. The smallest absolute Gasteiger partial charge is 0.0161 e. The van der Waals surface area contributed by atoms with Crippen LogP contribution >= 0.6 is 0 Å². The first kappa shape index (κ1) is 6.81. The topological polar surface area (TPSA) is 12.0 Å². The summed E-state index contributed by atoms with van der Waals surface area (Å²) in [6, 6.07) is 0.699. The third-order valence-electron chi connectivity index (χ3n) is 2.39. The maximum absolute atomic E-state index is 3.29. The molecule has 0 aliphatic heterocycles. The van der Waals surface area contributed by atoms with Gasteiger partial charge in [0, 0.05) is 6.04 Å². The van der Waals surface area contributed by atoms with Crippen molar-refractivity contribution in [1.82, 2.24) is 5.32 Å². The van der Waals surface area contributed by atoms with Gasteiger partial charge >= 0.3 is 0 Å². The minimum Gasteiger partial charge on any atom is -0.316 e. The van der Waals surface area contributed by atoms with Crippen LogP contribution in [0.25, 0.3) is 0 Å². The van der Waals surface area contributed by atoms with Crippen molar-refractivity contribution < 1.29 is 0 Å². The average Bonchev–Trinajstić information content (AvgIpc) is 2.15. The van der Waals surface area contributed by atoms with Gasteiger partial charge in [0.15, 0.2) is 0 Å². The summed E-state index contributed by atoms with van der Waals surface area (Å²) >= 11 is 0. The summed E-state index contributed by atoms with van der Waals surface area (Å²) in [5, 5.41) is 3.29. The van der Waals surface area contributed by atoms with Crippen LogP contribution in [0.15, 0.2) is 11.6 Å². The minimum atomic E-state index is 0.699. The van der Waals surface area contributed by atoms with Crippen molar-refractivity contribution in [2.24, 2.45) is 5.92 Å². The number of hydrogen-bond donors (Lipinski definition) is 1. The Morgan fingerprint density at radius 2 is 2.33 bits per heavy atom. The Hall–Kier alpha value is -0.300. The summed E-state index contributed by atoms with van der Waals surface area (Å²) in [5.41, 5.74) is 1.54. The highest BCUT2D eigenvalue weighted by atomic mass is 14.9. The lowest BCUT2D eigenvalue weighted by molar-refractivity contribution is 0.480. The van der Waals surface area contributed by atoms with Gasteiger partial charge in [0.2, 0.25) is 0 Å². The number of nitrogens with one attached hydrogen (secondary N) is 1. The standard InChI is InChI=1S/C8H15N/c1-6-4-5-8(9-3)7(6)2/h4,7-9H,5H2,1-3H3. The van der Waals surface area contributed by atoms with E-state index in [4.69, 9.17) is 0 Å². The van der Waals surface area contributed by atoms with Crippen LogP contribution in [0.5, 0.6) is 0 Å². The molecule has 0 aromatic heterocycles. The van der Waals surface area contributed by atoms with Gasteiger partial charge in [0.1, 0.15) is 0 Å². The zero-order valence-electron chi connectivity index (χ0n) is 6.44. The fourth-order valence-corrected chi connectivity index (χ4v) is 1.39. The van der Waals surface area contributed by atoms with Crippen LogP contribution in [0.1, 0.15) is 20.3 Å².